The third-order valence-corrected chi connectivity index (χ3v) is 8.07. The van der Waals surface area contributed by atoms with E-state index in [-0.39, 0.29) is 16.9 Å². The molecule has 0 radical (unpaired) electrons. The van der Waals surface area contributed by atoms with Crippen LogP contribution in [-0.4, -0.2) is 72.3 Å². The van der Waals surface area contributed by atoms with E-state index in [1.165, 1.54) is 24.3 Å². The van der Waals surface area contributed by atoms with Crippen LogP contribution in [0.3, 0.4) is 0 Å². The predicted molar refractivity (Wildman–Crippen MR) is 151 cm³/mol. The van der Waals surface area contributed by atoms with Crippen molar-refractivity contribution in [2.45, 2.75) is 70.1 Å². The summed E-state index contributed by atoms with van der Waals surface area (Å²) in [5, 5.41) is 39.3. The first kappa shape index (κ1) is 35.0. The largest absolute Gasteiger partial charge is 0.573 e. The van der Waals surface area contributed by atoms with Gasteiger partial charge in [-0.3, -0.25) is 0 Å². The highest BCUT2D eigenvalue weighted by atomic mass is 19.4. The minimum absolute atomic E-state index is 0.0380. The van der Waals surface area contributed by atoms with Crippen molar-refractivity contribution in [3.8, 4) is 23.6 Å². The summed E-state index contributed by atoms with van der Waals surface area (Å²) in [7, 11) is 0. The van der Waals surface area contributed by atoms with E-state index < -0.39 is 29.9 Å². The normalized spacial score (nSPS) is 18.5. The summed E-state index contributed by atoms with van der Waals surface area (Å²) in [4.78, 5) is 4.43. The molecule has 2 aromatic carbocycles. The zero-order chi connectivity index (χ0) is 32.5. The third kappa shape index (κ3) is 9.26. The number of rotatable bonds is 8. The van der Waals surface area contributed by atoms with Crippen LogP contribution in [-0.2, 0) is 11.2 Å². The molecule has 2 aliphatic rings. The van der Waals surface area contributed by atoms with Crippen LogP contribution in [0.4, 0.5) is 22.0 Å². The SMILES string of the molecule is CCCN1CCC(O)(c2ccc(C#N)c(OC(F)F)c2)CC1.CCN1CCC(O)(c2ccc(C#N)c(OC(F)(F)F)c2)CC1. The lowest BCUT2D eigenvalue weighted by Crippen LogP contribution is -2.42. The molecule has 0 atom stereocenters. The van der Waals surface area contributed by atoms with Crippen molar-refractivity contribution in [1.82, 2.24) is 9.80 Å². The van der Waals surface area contributed by atoms with E-state index in [2.05, 4.69) is 26.2 Å². The summed E-state index contributed by atoms with van der Waals surface area (Å²) < 4.78 is 70.4. The molecule has 0 aliphatic carbocycles. The molecule has 0 spiro atoms. The highest BCUT2D eigenvalue weighted by Crippen LogP contribution is 2.38. The van der Waals surface area contributed by atoms with Gasteiger partial charge in [0.05, 0.1) is 22.3 Å². The van der Waals surface area contributed by atoms with Crippen molar-refractivity contribution in [3.63, 3.8) is 0 Å². The Hall–Kier alpha value is -3.49. The molecule has 2 aliphatic heterocycles. The van der Waals surface area contributed by atoms with Crippen molar-refractivity contribution in [2.75, 3.05) is 39.3 Å². The number of aliphatic hydroxyl groups is 2. The lowest BCUT2D eigenvalue weighted by molar-refractivity contribution is -0.274. The van der Waals surface area contributed by atoms with E-state index in [9.17, 15) is 32.2 Å². The van der Waals surface area contributed by atoms with Crippen molar-refractivity contribution in [1.29, 1.82) is 10.5 Å². The molecule has 13 heteroatoms. The molecule has 2 N–H and O–H groups in total. The topological polar surface area (TPSA) is 113 Å². The summed E-state index contributed by atoms with van der Waals surface area (Å²) >= 11 is 0. The Morgan fingerprint density at radius 1 is 0.818 bits per heavy atom. The number of halogens is 5. The second-order valence-corrected chi connectivity index (χ2v) is 10.9. The maximum Gasteiger partial charge on any atom is 0.573 e. The van der Waals surface area contributed by atoms with Crippen LogP contribution in [0.2, 0.25) is 0 Å². The van der Waals surface area contributed by atoms with Crippen molar-refractivity contribution in [3.05, 3.63) is 58.7 Å². The van der Waals surface area contributed by atoms with Gasteiger partial charge in [0.2, 0.25) is 0 Å². The van der Waals surface area contributed by atoms with E-state index in [0.717, 1.165) is 38.7 Å². The first-order valence-corrected chi connectivity index (χ1v) is 14.4. The minimum Gasteiger partial charge on any atom is -0.433 e. The average molecular weight is 625 g/mol. The van der Waals surface area contributed by atoms with Crippen LogP contribution in [0, 0.1) is 22.7 Å². The smallest absolute Gasteiger partial charge is 0.433 e. The molecule has 0 saturated carbocycles. The summed E-state index contributed by atoms with van der Waals surface area (Å²) in [5.74, 6) is -0.752. The minimum atomic E-state index is -4.88. The van der Waals surface area contributed by atoms with E-state index in [1.54, 1.807) is 12.1 Å². The Morgan fingerprint density at radius 3 is 1.68 bits per heavy atom. The van der Waals surface area contributed by atoms with Gasteiger partial charge in [0, 0.05) is 26.2 Å². The predicted octanol–water partition coefficient (Wildman–Crippen LogP) is 5.61. The zero-order valence-electron chi connectivity index (χ0n) is 24.7. The van der Waals surface area contributed by atoms with Gasteiger partial charge in [-0.25, -0.2) is 0 Å². The zero-order valence-corrected chi connectivity index (χ0v) is 24.7. The van der Waals surface area contributed by atoms with Crippen LogP contribution in [0.5, 0.6) is 11.5 Å². The Morgan fingerprint density at radius 2 is 1.27 bits per heavy atom. The van der Waals surface area contributed by atoms with Gasteiger partial charge in [-0.1, -0.05) is 26.0 Å². The molecule has 4 rings (SSSR count). The molecule has 2 heterocycles. The Bertz CT molecular complexity index is 1330. The van der Waals surface area contributed by atoms with E-state index in [1.807, 2.05) is 13.0 Å². The first-order chi connectivity index (χ1) is 20.8. The monoisotopic (exact) mass is 624 g/mol. The highest BCUT2D eigenvalue weighted by Gasteiger charge is 2.37. The fourth-order valence-electron chi connectivity index (χ4n) is 5.49. The molecule has 2 aromatic rings. The number of nitrogens with zero attached hydrogens (tertiary/aromatic N) is 4. The summed E-state index contributed by atoms with van der Waals surface area (Å²) in [5.41, 5.74) is -1.55. The summed E-state index contributed by atoms with van der Waals surface area (Å²) in [6.45, 7) is 5.84. The third-order valence-electron chi connectivity index (χ3n) is 8.07. The van der Waals surface area contributed by atoms with Gasteiger partial charge in [-0.2, -0.15) is 19.3 Å². The molecular formula is C31H37F5N4O4. The molecule has 2 saturated heterocycles. The number of alkyl halides is 5. The fourth-order valence-corrected chi connectivity index (χ4v) is 5.49. The van der Waals surface area contributed by atoms with Gasteiger partial charge in [-0.15, -0.1) is 13.2 Å². The van der Waals surface area contributed by atoms with Gasteiger partial charge in [0.25, 0.3) is 0 Å². The lowest BCUT2D eigenvalue weighted by atomic mass is 9.84. The van der Waals surface area contributed by atoms with Crippen molar-refractivity contribution < 1.29 is 41.6 Å². The van der Waals surface area contributed by atoms with Crippen LogP contribution in [0.25, 0.3) is 0 Å². The van der Waals surface area contributed by atoms with Crippen LogP contribution >= 0.6 is 0 Å². The van der Waals surface area contributed by atoms with Crippen LogP contribution in [0.15, 0.2) is 36.4 Å². The number of hydrogen-bond donors (Lipinski definition) is 2. The average Bonchev–Trinajstić information content (AvgIpc) is 2.98. The van der Waals surface area contributed by atoms with E-state index in [4.69, 9.17) is 10.5 Å². The molecular weight excluding hydrogens is 587 g/mol. The molecule has 2 fully saturated rings. The molecule has 0 bridgehead atoms. The maximum absolute atomic E-state index is 12.4. The lowest BCUT2D eigenvalue weighted by Gasteiger charge is -2.38. The van der Waals surface area contributed by atoms with E-state index in [0.29, 0.717) is 49.9 Å². The number of nitriles is 2. The Kier molecular flexibility index (Phi) is 11.9. The molecule has 8 nitrogen and oxygen atoms in total. The van der Waals surface area contributed by atoms with Crippen molar-refractivity contribution >= 4 is 0 Å². The highest BCUT2D eigenvalue weighted by molar-refractivity contribution is 5.48. The first-order valence-electron chi connectivity index (χ1n) is 14.4. The van der Waals surface area contributed by atoms with Gasteiger partial charge in [0.15, 0.2) is 0 Å². The molecule has 44 heavy (non-hydrogen) atoms. The van der Waals surface area contributed by atoms with Gasteiger partial charge < -0.3 is 29.5 Å². The number of likely N-dealkylation sites (tertiary alicyclic amines) is 2. The Balaban J connectivity index is 0.000000240. The number of benzene rings is 2. The van der Waals surface area contributed by atoms with Gasteiger partial charge >= 0.3 is 13.0 Å². The Labute approximate surface area is 253 Å². The number of hydrogen-bond acceptors (Lipinski definition) is 8. The molecule has 0 unspecified atom stereocenters. The van der Waals surface area contributed by atoms with Crippen LogP contribution in [0.1, 0.15) is 68.2 Å². The fraction of sp³-hybridized carbons (Fsp3) is 0.548. The van der Waals surface area contributed by atoms with Gasteiger partial charge in [0.1, 0.15) is 23.6 Å². The second-order valence-electron chi connectivity index (χ2n) is 10.9. The van der Waals surface area contributed by atoms with Gasteiger partial charge in [-0.05, 0) is 80.6 Å². The van der Waals surface area contributed by atoms with Crippen molar-refractivity contribution in [2.24, 2.45) is 0 Å². The molecule has 0 amide bonds. The standard InChI is InChI=1S/C16H20F2N2O2.C15H17F3N2O2/c1-2-7-20-8-5-16(21,6-9-20)13-4-3-12(11-19)14(10-13)22-15(17)18;1-2-20-7-5-14(21,6-8-20)12-4-3-11(10-19)13(9-12)22-15(16,17)18/h3-4,10,15,21H,2,5-9H2,1H3;3-4,9,21H,2,5-8H2,1H3. The van der Waals surface area contributed by atoms with Crippen LogP contribution < -0.4 is 9.47 Å². The molecule has 240 valence electrons. The summed E-state index contributed by atoms with van der Waals surface area (Å²) in [6, 6.07) is 11.7. The second kappa shape index (κ2) is 15.0. The summed E-state index contributed by atoms with van der Waals surface area (Å²) in [6.07, 6.45) is -1.89. The number of piperidine rings is 2. The molecule has 0 aromatic heterocycles. The van der Waals surface area contributed by atoms with E-state index >= 15 is 0 Å². The number of ether oxygens (including phenoxy) is 2. The maximum atomic E-state index is 12.4. The quantitative estimate of drug-likeness (QED) is 0.365.